The first-order valence-corrected chi connectivity index (χ1v) is 4.92. The summed E-state index contributed by atoms with van der Waals surface area (Å²) in [6.45, 7) is 8.29. The highest BCUT2D eigenvalue weighted by atomic mass is 16.3. The molecule has 78 valence electrons. The summed E-state index contributed by atoms with van der Waals surface area (Å²) in [6.07, 6.45) is 0. The molecule has 0 aromatic heterocycles. The van der Waals surface area contributed by atoms with Crippen molar-refractivity contribution in [2.75, 3.05) is 6.61 Å². The summed E-state index contributed by atoms with van der Waals surface area (Å²) < 4.78 is 0. The number of aliphatic hydroxyl groups excluding tert-OH is 1. The highest BCUT2D eigenvalue weighted by molar-refractivity contribution is 5.45. The molecule has 3 N–H and O–H groups in total. The van der Waals surface area contributed by atoms with Crippen molar-refractivity contribution in [2.24, 2.45) is 5.73 Å². The van der Waals surface area contributed by atoms with Crippen molar-refractivity contribution in [3.63, 3.8) is 0 Å². The SMILES string of the molecule is Cc1cc(C)c(C)c([C@@H](N)CO)c1C. The van der Waals surface area contributed by atoms with Crippen molar-refractivity contribution in [1.29, 1.82) is 0 Å². The lowest BCUT2D eigenvalue weighted by Crippen LogP contribution is -2.18. The molecule has 2 heteroatoms. The molecule has 0 saturated heterocycles. The van der Waals surface area contributed by atoms with Gasteiger partial charge in [-0.05, 0) is 55.5 Å². The fourth-order valence-electron chi connectivity index (χ4n) is 1.89. The van der Waals surface area contributed by atoms with E-state index in [-0.39, 0.29) is 12.6 Å². The summed E-state index contributed by atoms with van der Waals surface area (Å²) >= 11 is 0. The molecule has 0 unspecified atom stereocenters. The van der Waals surface area contributed by atoms with Gasteiger partial charge in [0.15, 0.2) is 0 Å². The summed E-state index contributed by atoms with van der Waals surface area (Å²) in [4.78, 5) is 0. The number of hydrogen-bond acceptors (Lipinski definition) is 2. The van der Waals surface area contributed by atoms with Gasteiger partial charge < -0.3 is 10.8 Å². The van der Waals surface area contributed by atoms with Crippen LogP contribution in [0.5, 0.6) is 0 Å². The van der Waals surface area contributed by atoms with Crippen LogP contribution in [0.1, 0.15) is 33.9 Å². The Bertz CT molecular complexity index is 318. The zero-order valence-corrected chi connectivity index (χ0v) is 9.39. The average molecular weight is 193 g/mol. The van der Waals surface area contributed by atoms with E-state index < -0.39 is 0 Å². The van der Waals surface area contributed by atoms with Gasteiger partial charge in [0, 0.05) is 0 Å². The minimum absolute atomic E-state index is 0.00454. The molecule has 1 rings (SSSR count). The van der Waals surface area contributed by atoms with Crippen LogP contribution in [-0.2, 0) is 0 Å². The van der Waals surface area contributed by atoms with Gasteiger partial charge in [-0.25, -0.2) is 0 Å². The highest BCUT2D eigenvalue weighted by Gasteiger charge is 2.13. The Hall–Kier alpha value is -0.860. The van der Waals surface area contributed by atoms with Crippen LogP contribution in [0.2, 0.25) is 0 Å². The zero-order valence-electron chi connectivity index (χ0n) is 9.39. The molecule has 2 nitrogen and oxygen atoms in total. The molecule has 0 amide bonds. The van der Waals surface area contributed by atoms with Crippen LogP contribution in [0.25, 0.3) is 0 Å². The minimum Gasteiger partial charge on any atom is -0.394 e. The molecule has 1 atom stereocenters. The molecule has 1 aromatic carbocycles. The Balaban J connectivity index is 3.39. The molecule has 0 radical (unpaired) electrons. The second-order valence-electron chi connectivity index (χ2n) is 3.96. The minimum atomic E-state index is -0.256. The number of hydrogen-bond donors (Lipinski definition) is 2. The average Bonchev–Trinajstić information content (AvgIpc) is 2.15. The van der Waals surface area contributed by atoms with Crippen LogP contribution in [0.15, 0.2) is 6.07 Å². The third-order valence-electron chi connectivity index (χ3n) is 2.99. The van der Waals surface area contributed by atoms with Crippen molar-refractivity contribution in [3.8, 4) is 0 Å². The first-order valence-electron chi connectivity index (χ1n) is 4.92. The van der Waals surface area contributed by atoms with E-state index >= 15 is 0 Å². The zero-order chi connectivity index (χ0) is 10.9. The normalized spacial score (nSPS) is 13.0. The lowest BCUT2D eigenvalue weighted by atomic mass is 9.90. The van der Waals surface area contributed by atoms with Gasteiger partial charge in [0.05, 0.1) is 12.6 Å². The van der Waals surface area contributed by atoms with Crippen LogP contribution in [0.4, 0.5) is 0 Å². The van der Waals surface area contributed by atoms with E-state index in [2.05, 4.69) is 33.8 Å². The highest BCUT2D eigenvalue weighted by Crippen LogP contribution is 2.25. The van der Waals surface area contributed by atoms with E-state index in [1.54, 1.807) is 0 Å². The Morgan fingerprint density at radius 1 is 1.14 bits per heavy atom. The molecule has 0 aliphatic rings. The molecule has 0 aliphatic carbocycles. The molecule has 0 heterocycles. The lowest BCUT2D eigenvalue weighted by Gasteiger charge is -2.19. The molecular formula is C12H19NO. The van der Waals surface area contributed by atoms with Gasteiger partial charge in [-0.1, -0.05) is 6.07 Å². The first kappa shape index (κ1) is 11.2. The molecule has 0 bridgehead atoms. The van der Waals surface area contributed by atoms with Gasteiger partial charge in [0.25, 0.3) is 0 Å². The van der Waals surface area contributed by atoms with Crippen LogP contribution in [0.3, 0.4) is 0 Å². The third-order valence-corrected chi connectivity index (χ3v) is 2.99. The molecule has 0 fully saturated rings. The summed E-state index contributed by atoms with van der Waals surface area (Å²) in [5.74, 6) is 0. The standard InChI is InChI=1S/C12H19NO/c1-7-5-8(2)10(4)12(9(7)3)11(13)6-14/h5,11,14H,6,13H2,1-4H3/t11-/m0/s1. The second kappa shape index (κ2) is 4.11. The first-order chi connectivity index (χ1) is 6.49. The molecule has 0 aliphatic heterocycles. The predicted molar refractivity (Wildman–Crippen MR) is 59.4 cm³/mol. The van der Waals surface area contributed by atoms with E-state index in [0.29, 0.717) is 0 Å². The van der Waals surface area contributed by atoms with Crippen LogP contribution < -0.4 is 5.73 Å². The largest absolute Gasteiger partial charge is 0.394 e. The van der Waals surface area contributed by atoms with Gasteiger partial charge in [-0.3, -0.25) is 0 Å². The number of aliphatic hydroxyl groups is 1. The number of aryl methyl sites for hydroxylation is 2. The van der Waals surface area contributed by atoms with E-state index in [0.717, 1.165) is 5.56 Å². The van der Waals surface area contributed by atoms with Gasteiger partial charge in [-0.2, -0.15) is 0 Å². The van der Waals surface area contributed by atoms with Crippen molar-refractivity contribution in [3.05, 3.63) is 33.9 Å². The lowest BCUT2D eigenvalue weighted by molar-refractivity contribution is 0.267. The quantitative estimate of drug-likeness (QED) is 0.753. The summed E-state index contributed by atoms with van der Waals surface area (Å²) in [6, 6.07) is 1.91. The summed E-state index contributed by atoms with van der Waals surface area (Å²) in [7, 11) is 0. The number of nitrogens with two attached hydrogens (primary N) is 1. The Morgan fingerprint density at radius 2 is 1.57 bits per heavy atom. The second-order valence-corrected chi connectivity index (χ2v) is 3.96. The molecule has 0 spiro atoms. The van der Waals surface area contributed by atoms with Gasteiger partial charge in [0.2, 0.25) is 0 Å². The maximum Gasteiger partial charge on any atom is 0.0624 e. The molecule has 14 heavy (non-hydrogen) atoms. The van der Waals surface area contributed by atoms with Crippen LogP contribution >= 0.6 is 0 Å². The van der Waals surface area contributed by atoms with Gasteiger partial charge in [-0.15, -0.1) is 0 Å². The Labute approximate surface area is 85.8 Å². The smallest absolute Gasteiger partial charge is 0.0624 e. The summed E-state index contributed by atoms with van der Waals surface area (Å²) in [5.41, 5.74) is 11.9. The maximum atomic E-state index is 9.09. The van der Waals surface area contributed by atoms with Crippen LogP contribution in [0, 0.1) is 27.7 Å². The molecule has 1 aromatic rings. The van der Waals surface area contributed by atoms with Crippen molar-refractivity contribution < 1.29 is 5.11 Å². The monoisotopic (exact) mass is 193 g/mol. The fourth-order valence-corrected chi connectivity index (χ4v) is 1.89. The van der Waals surface area contributed by atoms with Crippen molar-refractivity contribution >= 4 is 0 Å². The van der Waals surface area contributed by atoms with Gasteiger partial charge in [0.1, 0.15) is 0 Å². The fraction of sp³-hybridized carbons (Fsp3) is 0.500. The van der Waals surface area contributed by atoms with E-state index in [4.69, 9.17) is 10.8 Å². The Morgan fingerprint density at radius 3 is 1.93 bits per heavy atom. The van der Waals surface area contributed by atoms with Crippen molar-refractivity contribution in [1.82, 2.24) is 0 Å². The molecule has 0 saturated carbocycles. The topological polar surface area (TPSA) is 46.2 Å². The third kappa shape index (κ3) is 1.81. The summed E-state index contributed by atoms with van der Waals surface area (Å²) in [5, 5.41) is 9.09. The van der Waals surface area contributed by atoms with Crippen LogP contribution in [-0.4, -0.2) is 11.7 Å². The number of rotatable bonds is 2. The maximum absolute atomic E-state index is 9.09. The predicted octanol–water partition coefficient (Wildman–Crippen LogP) is 1.91. The van der Waals surface area contributed by atoms with Gasteiger partial charge >= 0.3 is 0 Å². The number of benzene rings is 1. The van der Waals surface area contributed by atoms with E-state index in [1.165, 1.54) is 22.3 Å². The van der Waals surface area contributed by atoms with E-state index in [1.807, 2.05) is 0 Å². The van der Waals surface area contributed by atoms with E-state index in [9.17, 15) is 0 Å². The molecular weight excluding hydrogens is 174 g/mol. The van der Waals surface area contributed by atoms with Crippen molar-refractivity contribution in [2.45, 2.75) is 33.7 Å². The Kier molecular flexibility index (Phi) is 3.29.